The Balaban J connectivity index is 1.94. The summed E-state index contributed by atoms with van der Waals surface area (Å²) in [5.41, 5.74) is 0.994. The summed E-state index contributed by atoms with van der Waals surface area (Å²) in [4.78, 5) is 10.3. The van der Waals surface area contributed by atoms with Crippen LogP contribution in [0.4, 0.5) is 10.8 Å². The minimum atomic E-state index is -0.392. The van der Waals surface area contributed by atoms with E-state index >= 15 is 0 Å². The van der Waals surface area contributed by atoms with Gasteiger partial charge in [0.1, 0.15) is 0 Å². The topological polar surface area (TPSA) is 81.0 Å². The van der Waals surface area contributed by atoms with Crippen molar-refractivity contribution in [3.05, 3.63) is 52.6 Å². The van der Waals surface area contributed by atoms with Gasteiger partial charge in [0.25, 0.3) is 5.69 Å². The monoisotopic (exact) mass is 308 g/mol. The van der Waals surface area contributed by atoms with Crippen molar-refractivity contribution in [3.8, 4) is 0 Å². The minimum absolute atomic E-state index is 0.105. The van der Waals surface area contributed by atoms with Crippen LogP contribution in [0.3, 0.4) is 0 Å². The number of benzene rings is 1. The van der Waals surface area contributed by atoms with Crippen molar-refractivity contribution in [1.29, 1.82) is 0 Å². The van der Waals surface area contributed by atoms with Gasteiger partial charge in [-0.3, -0.25) is 10.1 Å². The lowest BCUT2D eigenvalue weighted by Crippen LogP contribution is -1.96. The van der Waals surface area contributed by atoms with Crippen molar-refractivity contribution < 1.29 is 4.92 Å². The van der Waals surface area contributed by atoms with Gasteiger partial charge in [-0.2, -0.15) is 0 Å². The minimum Gasteiger partial charge on any atom is -0.357 e. The second-order valence-corrected chi connectivity index (χ2v) is 5.96. The van der Waals surface area contributed by atoms with E-state index in [0.29, 0.717) is 12.3 Å². The number of nitro benzene ring substituents is 1. The standard InChI is InChI=1S/C12H12N4O2S2/c1-2-6-13-11-14-15-12(20-11)19-8-9-4-3-5-10(7-9)16(17)18/h2-5,7H,1,6,8H2,(H,13,14). The highest BCUT2D eigenvalue weighted by Gasteiger charge is 2.08. The predicted molar refractivity (Wildman–Crippen MR) is 81.3 cm³/mol. The van der Waals surface area contributed by atoms with Crippen LogP contribution < -0.4 is 5.32 Å². The van der Waals surface area contributed by atoms with E-state index in [0.717, 1.165) is 15.0 Å². The summed E-state index contributed by atoms with van der Waals surface area (Å²) in [7, 11) is 0. The Hall–Kier alpha value is -1.93. The van der Waals surface area contributed by atoms with Gasteiger partial charge in [0, 0.05) is 24.4 Å². The highest BCUT2D eigenvalue weighted by atomic mass is 32.2. The molecule has 0 atom stereocenters. The summed E-state index contributed by atoms with van der Waals surface area (Å²) in [6.45, 7) is 4.26. The van der Waals surface area contributed by atoms with E-state index in [2.05, 4.69) is 22.1 Å². The maximum Gasteiger partial charge on any atom is 0.269 e. The molecular weight excluding hydrogens is 296 g/mol. The number of aromatic nitrogens is 2. The highest BCUT2D eigenvalue weighted by molar-refractivity contribution is 8.00. The molecule has 0 spiro atoms. The fourth-order valence-corrected chi connectivity index (χ4v) is 3.11. The van der Waals surface area contributed by atoms with Crippen molar-refractivity contribution in [1.82, 2.24) is 10.2 Å². The number of nitro groups is 1. The number of hydrogen-bond acceptors (Lipinski definition) is 7. The molecule has 0 amide bonds. The van der Waals surface area contributed by atoms with E-state index in [1.54, 1.807) is 18.2 Å². The lowest BCUT2D eigenvalue weighted by Gasteiger charge is -1.98. The molecule has 0 aliphatic rings. The first-order valence-electron chi connectivity index (χ1n) is 5.73. The van der Waals surface area contributed by atoms with E-state index in [-0.39, 0.29) is 5.69 Å². The van der Waals surface area contributed by atoms with Crippen LogP contribution in [0.2, 0.25) is 0 Å². The van der Waals surface area contributed by atoms with Gasteiger partial charge in [0.2, 0.25) is 5.13 Å². The number of nitrogens with one attached hydrogen (secondary N) is 1. The Bertz CT molecular complexity index is 615. The third-order valence-corrected chi connectivity index (χ3v) is 4.37. The van der Waals surface area contributed by atoms with Crippen molar-refractivity contribution in [2.75, 3.05) is 11.9 Å². The normalized spacial score (nSPS) is 10.2. The van der Waals surface area contributed by atoms with Crippen LogP contribution in [0, 0.1) is 10.1 Å². The maximum atomic E-state index is 10.7. The second-order valence-electron chi connectivity index (χ2n) is 3.76. The first-order valence-corrected chi connectivity index (χ1v) is 7.53. The summed E-state index contributed by atoms with van der Waals surface area (Å²) in [6, 6.07) is 6.60. The smallest absolute Gasteiger partial charge is 0.269 e. The molecule has 2 aromatic rings. The molecule has 1 aromatic heterocycles. The molecule has 104 valence electrons. The number of nitrogens with zero attached hydrogens (tertiary/aromatic N) is 3. The van der Waals surface area contributed by atoms with Crippen LogP contribution in [0.25, 0.3) is 0 Å². The van der Waals surface area contributed by atoms with Crippen LogP contribution in [0.5, 0.6) is 0 Å². The fraction of sp³-hybridized carbons (Fsp3) is 0.167. The Morgan fingerprint density at radius 1 is 1.50 bits per heavy atom. The van der Waals surface area contributed by atoms with Gasteiger partial charge in [-0.1, -0.05) is 41.3 Å². The Morgan fingerprint density at radius 3 is 3.10 bits per heavy atom. The number of thioether (sulfide) groups is 1. The summed E-state index contributed by atoms with van der Waals surface area (Å²) in [5.74, 6) is 0.623. The molecule has 1 heterocycles. The van der Waals surface area contributed by atoms with Gasteiger partial charge >= 0.3 is 0 Å². The molecule has 8 heteroatoms. The molecular formula is C12H12N4O2S2. The molecule has 20 heavy (non-hydrogen) atoms. The molecule has 1 N–H and O–H groups in total. The van der Waals surface area contributed by atoms with Crippen LogP contribution in [0.1, 0.15) is 5.56 Å². The van der Waals surface area contributed by atoms with E-state index in [4.69, 9.17) is 0 Å². The average Bonchev–Trinajstić information content (AvgIpc) is 2.91. The van der Waals surface area contributed by atoms with Gasteiger partial charge in [-0.15, -0.1) is 16.8 Å². The highest BCUT2D eigenvalue weighted by Crippen LogP contribution is 2.29. The molecule has 0 aliphatic carbocycles. The van der Waals surface area contributed by atoms with E-state index in [9.17, 15) is 10.1 Å². The fourth-order valence-electron chi connectivity index (χ4n) is 1.40. The van der Waals surface area contributed by atoms with Crippen molar-refractivity contribution in [3.63, 3.8) is 0 Å². The van der Waals surface area contributed by atoms with Crippen molar-refractivity contribution in [2.45, 2.75) is 10.1 Å². The summed E-state index contributed by atoms with van der Waals surface area (Å²) in [6.07, 6.45) is 1.75. The van der Waals surface area contributed by atoms with Crippen LogP contribution in [0.15, 0.2) is 41.3 Å². The number of anilines is 1. The Labute approximate surface area is 124 Å². The first-order chi connectivity index (χ1) is 9.69. The molecule has 0 radical (unpaired) electrons. The predicted octanol–water partition coefficient (Wildman–Crippen LogP) is 3.34. The third kappa shape index (κ3) is 4.04. The molecule has 1 aromatic carbocycles. The Morgan fingerprint density at radius 2 is 2.35 bits per heavy atom. The van der Waals surface area contributed by atoms with Gasteiger partial charge < -0.3 is 5.32 Å². The number of non-ortho nitro benzene ring substituents is 1. The molecule has 0 saturated carbocycles. The molecule has 0 saturated heterocycles. The molecule has 0 unspecified atom stereocenters. The van der Waals surface area contributed by atoms with Crippen LogP contribution >= 0.6 is 23.1 Å². The van der Waals surface area contributed by atoms with Crippen LogP contribution in [-0.2, 0) is 5.75 Å². The molecule has 2 rings (SSSR count). The third-order valence-electron chi connectivity index (χ3n) is 2.29. The summed E-state index contributed by atoms with van der Waals surface area (Å²) in [5, 5.41) is 22.5. The summed E-state index contributed by atoms with van der Waals surface area (Å²) >= 11 is 2.96. The average molecular weight is 308 g/mol. The second kappa shape index (κ2) is 7.01. The van der Waals surface area contributed by atoms with Crippen molar-refractivity contribution in [2.24, 2.45) is 0 Å². The molecule has 0 bridgehead atoms. The van der Waals surface area contributed by atoms with E-state index in [1.165, 1.54) is 29.2 Å². The first kappa shape index (κ1) is 14.5. The molecule has 0 aliphatic heterocycles. The van der Waals surface area contributed by atoms with Gasteiger partial charge in [-0.05, 0) is 5.56 Å². The zero-order valence-electron chi connectivity index (χ0n) is 10.5. The lowest BCUT2D eigenvalue weighted by molar-refractivity contribution is -0.384. The molecule has 6 nitrogen and oxygen atoms in total. The van der Waals surface area contributed by atoms with Crippen LogP contribution in [-0.4, -0.2) is 21.7 Å². The quantitative estimate of drug-likeness (QED) is 0.366. The zero-order chi connectivity index (χ0) is 14.4. The SMILES string of the molecule is C=CCNc1nnc(SCc2cccc([N+](=O)[O-])c2)s1. The van der Waals surface area contributed by atoms with E-state index in [1.807, 2.05) is 6.07 Å². The van der Waals surface area contributed by atoms with E-state index < -0.39 is 4.92 Å². The van der Waals surface area contributed by atoms with Gasteiger partial charge in [0.05, 0.1) is 4.92 Å². The molecule has 0 fully saturated rings. The van der Waals surface area contributed by atoms with Gasteiger partial charge in [-0.25, -0.2) is 0 Å². The Kier molecular flexibility index (Phi) is 5.08. The number of hydrogen-bond donors (Lipinski definition) is 1. The maximum absolute atomic E-state index is 10.7. The lowest BCUT2D eigenvalue weighted by atomic mass is 10.2. The zero-order valence-corrected chi connectivity index (χ0v) is 12.1. The number of rotatable bonds is 7. The van der Waals surface area contributed by atoms with Gasteiger partial charge in [0.15, 0.2) is 4.34 Å². The largest absolute Gasteiger partial charge is 0.357 e. The van der Waals surface area contributed by atoms with Crippen molar-refractivity contribution >= 4 is 33.9 Å². The summed E-state index contributed by atoms with van der Waals surface area (Å²) < 4.78 is 0.822.